The highest BCUT2D eigenvalue weighted by atomic mass is 32.2. The Morgan fingerprint density at radius 1 is 1.15 bits per heavy atom. The van der Waals surface area contributed by atoms with Crippen LogP contribution in [-0.4, -0.2) is 26.4 Å². The van der Waals surface area contributed by atoms with E-state index in [1.165, 1.54) is 55.9 Å². The summed E-state index contributed by atoms with van der Waals surface area (Å²) < 4.78 is 1.82. The molecule has 0 saturated heterocycles. The molecule has 1 aromatic heterocycles. The van der Waals surface area contributed by atoms with Gasteiger partial charge in [0.25, 0.3) is 0 Å². The van der Waals surface area contributed by atoms with E-state index in [0.29, 0.717) is 11.2 Å². The van der Waals surface area contributed by atoms with Crippen molar-refractivity contribution < 1.29 is 4.79 Å². The number of carbonyl (C=O) groups is 1. The Labute approximate surface area is 164 Å². The fraction of sp³-hybridized carbons (Fsp3) is 0.571. The standard InChI is InChI=1S/C21H26N4OS/c1-25-13-22-24-20(25)27-12-19(26)23-18-4-2-17(3-5-18)21-9-14-6-15(10-21)8-16(7-14)11-21/h2-5,13-16H,6-12H2,1H3,(H,23,26). The number of benzene rings is 1. The van der Waals surface area contributed by atoms with Crippen LogP contribution in [0.2, 0.25) is 0 Å². The van der Waals surface area contributed by atoms with Crippen LogP contribution < -0.4 is 5.32 Å². The van der Waals surface area contributed by atoms with E-state index in [0.717, 1.165) is 28.6 Å². The maximum absolute atomic E-state index is 12.2. The van der Waals surface area contributed by atoms with Gasteiger partial charge in [-0.1, -0.05) is 23.9 Å². The molecule has 4 aliphatic carbocycles. The van der Waals surface area contributed by atoms with Crippen molar-refractivity contribution in [3.8, 4) is 0 Å². The summed E-state index contributed by atoms with van der Waals surface area (Å²) in [6.45, 7) is 0. The van der Waals surface area contributed by atoms with Crippen LogP contribution in [0.4, 0.5) is 5.69 Å². The van der Waals surface area contributed by atoms with Crippen LogP contribution in [0.15, 0.2) is 35.7 Å². The van der Waals surface area contributed by atoms with Gasteiger partial charge in [-0.15, -0.1) is 10.2 Å². The molecule has 6 heteroatoms. The summed E-state index contributed by atoms with van der Waals surface area (Å²) in [5.41, 5.74) is 2.79. The monoisotopic (exact) mass is 382 g/mol. The first-order valence-corrected chi connectivity index (χ1v) is 11.0. The lowest BCUT2D eigenvalue weighted by Gasteiger charge is -2.57. The van der Waals surface area contributed by atoms with E-state index < -0.39 is 0 Å². The lowest BCUT2D eigenvalue weighted by Crippen LogP contribution is -2.48. The Balaban J connectivity index is 1.23. The van der Waals surface area contributed by atoms with Gasteiger partial charge in [-0.3, -0.25) is 4.79 Å². The minimum atomic E-state index is -0.00875. The SMILES string of the molecule is Cn1cnnc1SCC(=O)Nc1ccc(C23CC4CC(CC(C4)C2)C3)cc1. The molecule has 1 heterocycles. The molecule has 5 nitrogen and oxygen atoms in total. The summed E-state index contributed by atoms with van der Waals surface area (Å²) >= 11 is 1.40. The molecule has 2 aromatic rings. The number of aromatic nitrogens is 3. The molecule has 0 aliphatic heterocycles. The number of nitrogens with one attached hydrogen (secondary N) is 1. The molecule has 0 unspecified atom stereocenters. The van der Waals surface area contributed by atoms with E-state index in [2.05, 4.69) is 39.8 Å². The van der Waals surface area contributed by atoms with E-state index in [-0.39, 0.29) is 5.91 Å². The van der Waals surface area contributed by atoms with Gasteiger partial charge in [0, 0.05) is 12.7 Å². The van der Waals surface area contributed by atoms with E-state index in [1.807, 2.05) is 11.6 Å². The predicted octanol–water partition coefficient (Wildman–Crippen LogP) is 4.01. The first-order valence-electron chi connectivity index (χ1n) is 9.97. The molecule has 4 bridgehead atoms. The highest BCUT2D eigenvalue weighted by Gasteiger charge is 2.51. The summed E-state index contributed by atoms with van der Waals surface area (Å²) in [6, 6.07) is 8.69. The highest BCUT2D eigenvalue weighted by molar-refractivity contribution is 7.99. The van der Waals surface area contributed by atoms with Crippen LogP contribution in [0.5, 0.6) is 0 Å². The molecule has 142 valence electrons. The fourth-order valence-electron chi connectivity index (χ4n) is 6.10. The first-order chi connectivity index (χ1) is 13.1. The Bertz CT molecular complexity index is 809. The topological polar surface area (TPSA) is 59.8 Å². The molecule has 1 aromatic carbocycles. The number of rotatable bonds is 5. The van der Waals surface area contributed by atoms with Crippen LogP contribution >= 0.6 is 11.8 Å². The molecule has 4 aliphatic rings. The summed E-state index contributed by atoms with van der Waals surface area (Å²) in [7, 11) is 1.88. The molecule has 27 heavy (non-hydrogen) atoms. The molecule has 0 atom stereocenters. The summed E-state index contributed by atoms with van der Waals surface area (Å²) in [6.07, 6.45) is 10.2. The van der Waals surface area contributed by atoms with Gasteiger partial charge >= 0.3 is 0 Å². The number of aryl methyl sites for hydroxylation is 1. The van der Waals surface area contributed by atoms with Gasteiger partial charge in [-0.25, -0.2) is 0 Å². The number of hydrogen-bond donors (Lipinski definition) is 1. The van der Waals surface area contributed by atoms with Crippen molar-refractivity contribution in [3.63, 3.8) is 0 Å². The third-order valence-corrected chi connectivity index (χ3v) is 7.86. The van der Waals surface area contributed by atoms with Crippen molar-refractivity contribution in [1.82, 2.24) is 14.8 Å². The Morgan fingerprint density at radius 3 is 2.33 bits per heavy atom. The van der Waals surface area contributed by atoms with Gasteiger partial charge in [0.1, 0.15) is 6.33 Å². The zero-order valence-electron chi connectivity index (χ0n) is 15.7. The zero-order valence-corrected chi connectivity index (χ0v) is 16.5. The minimum Gasteiger partial charge on any atom is -0.325 e. The number of thioether (sulfide) groups is 1. The molecule has 4 saturated carbocycles. The van der Waals surface area contributed by atoms with Crippen molar-refractivity contribution in [2.75, 3.05) is 11.1 Å². The van der Waals surface area contributed by atoms with Crippen molar-refractivity contribution >= 4 is 23.4 Å². The van der Waals surface area contributed by atoms with Crippen LogP contribution in [0.1, 0.15) is 44.1 Å². The Hall–Kier alpha value is -1.82. The van der Waals surface area contributed by atoms with Crippen LogP contribution in [0, 0.1) is 17.8 Å². The number of nitrogens with zero attached hydrogens (tertiary/aromatic N) is 3. The summed E-state index contributed by atoms with van der Waals surface area (Å²) in [5, 5.41) is 11.6. The van der Waals surface area contributed by atoms with Gasteiger partial charge in [0.15, 0.2) is 5.16 Å². The number of hydrogen-bond acceptors (Lipinski definition) is 4. The van der Waals surface area contributed by atoms with E-state index in [1.54, 1.807) is 6.33 Å². The molecule has 0 spiro atoms. The second kappa shape index (κ2) is 6.66. The predicted molar refractivity (Wildman–Crippen MR) is 107 cm³/mol. The average Bonchev–Trinajstić information content (AvgIpc) is 3.04. The van der Waals surface area contributed by atoms with Crippen molar-refractivity contribution in [2.24, 2.45) is 24.8 Å². The molecular formula is C21H26N4OS. The smallest absolute Gasteiger partial charge is 0.234 e. The number of amides is 1. The number of carbonyl (C=O) groups excluding carboxylic acids is 1. The molecular weight excluding hydrogens is 356 g/mol. The average molecular weight is 383 g/mol. The highest BCUT2D eigenvalue weighted by Crippen LogP contribution is 2.60. The molecule has 1 amide bonds. The maximum Gasteiger partial charge on any atom is 0.234 e. The largest absolute Gasteiger partial charge is 0.325 e. The van der Waals surface area contributed by atoms with Crippen LogP contribution in [0.25, 0.3) is 0 Å². The Morgan fingerprint density at radius 2 is 1.78 bits per heavy atom. The molecule has 0 radical (unpaired) electrons. The first kappa shape index (κ1) is 17.3. The molecule has 4 fully saturated rings. The third-order valence-electron chi connectivity index (χ3n) is 6.82. The second-order valence-corrected chi connectivity index (χ2v) is 9.78. The Kier molecular flexibility index (Phi) is 4.26. The van der Waals surface area contributed by atoms with E-state index in [9.17, 15) is 4.79 Å². The van der Waals surface area contributed by atoms with Crippen LogP contribution in [0.3, 0.4) is 0 Å². The zero-order chi connectivity index (χ0) is 18.4. The quantitative estimate of drug-likeness (QED) is 0.794. The van der Waals surface area contributed by atoms with Gasteiger partial charge in [-0.05, 0) is 79.4 Å². The molecule has 6 rings (SSSR count). The van der Waals surface area contributed by atoms with Gasteiger partial charge < -0.3 is 9.88 Å². The van der Waals surface area contributed by atoms with E-state index >= 15 is 0 Å². The van der Waals surface area contributed by atoms with Gasteiger partial charge in [0.05, 0.1) is 5.75 Å². The van der Waals surface area contributed by atoms with Crippen LogP contribution in [-0.2, 0) is 17.3 Å². The number of anilines is 1. The normalized spacial score (nSPS) is 31.2. The third kappa shape index (κ3) is 3.28. The van der Waals surface area contributed by atoms with Crippen molar-refractivity contribution in [2.45, 2.75) is 49.1 Å². The maximum atomic E-state index is 12.2. The lowest BCUT2D eigenvalue weighted by atomic mass is 9.48. The lowest BCUT2D eigenvalue weighted by molar-refractivity contribution is -0.113. The van der Waals surface area contributed by atoms with Crippen molar-refractivity contribution in [1.29, 1.82) is 0 Å². The minimum absolute atomic E-state index is 0.00875. The fourth-order valence-corrected chi connectivity index (χ4v) is 6.79. The van der Waals surface area contributed by atoms with Gasteiger partial charge in [0.2, 0.25) is 5.91 Å². The van der Waals surface area contributed by atoms with Gasteiger partial charge in [-0.2, -0.15) is 0 Å². The summed E-state index contributed by atoms with van der Waals surface area (Å²) in [4.78, 5) is 12.2. The second-order valence-electron chi connectivity index (χ2n) is 8.84. The molecule has 1 N–H and O–H groups in total. The van der Waals surface area contributed by atoms with Crippen molar-refractivity contribution in [3.05, 3.63) is 36.2 Å². The van der Waals surface area contributed by atoms with E-state index in [4.69, 9.17) is 0 Å². The summed E-state index contributed by atoms with van der Waals surface area (Å²) in [5.74, 6) is 3.18.